The van der Waals surface area contributed by atoms with Gasteiger partial charge in [-0.05, 0) is 15.9 Å². The fraction of sp³-hybridized carbons (Fsp3) is 0. The summed E-state index contributed by atoms with van der Waals surface area (Å²) in [7, 11) is 0. The summed E-state index contributed by atoms with van der Waals surface area (Å²) in [6.07, 6.45) is 1.31. The van der Waals surface area contributed by atoms with E-state index in [-0.39, 0.29) is 5.95 Å². The van der Waals surface area contributed by atoms with Crippen molar-refractivity contribution in [2.45, 2.75) is 0 Å². The van der Waals surface area contributed by atoms with Crippen molar-refractivity contribution in [3.05, 3.63) is 21.0 Å². The summed E-state index contributed by atoms with van der Waals surface area (Å²) < 4.78 is 1.06. The Kier molecular flexibility index (Phi) is 1.62. The normalized spacial score (nSPS) is 9.70. The van der Waals surface area contributed by atoms with Crippen LogP contribution in [0.15, 0.2) is 15.5 Å². The van der Waals surface area contributed by atoms with E-state index in [0.29, 0.717) is 4.47 Å². The molecular weight excluding hydrogens is 200 g/mol. The van der Waals surface area contributed by atoms with Gasteiger partial charge >= 0.3 is 0 Å². The Morgan fingerprint density at radius 3 is 2.80 bits per heavy atom. The third-order valence-electron chi connectivity index (χ3n) is 0.980. The van der Waals surface area contributed by atoms with E-state index in [1.54, 1.807) is 0 Å². The standard InChI is InChI=1S/C4H5BrN4O/c5-2-1-8-4(6)9(7)3(2)10/h1H,7H2,(H2,6,8). The molecule has 0 fully saturated rings. The Bertz CT molecular complexity index is 307. The van der Waals surface area contributed by atoms with Crippen LogP contribution in [0.25, 0.3) is 0 Å². The van der Waals surface area contributed by atoms with Crippen molar-refractivity contribution in [2.24, 2.45) is 0 Å². The highest BCUT2D eigenvalue weighted by atomic mass is 79.9. The first-order valence-electron chi connectivity index (χ1n) is 2.41. The Labute approximate surface area is 64.8 Å². The van der Waals surface area contributed by atoms with Crippen LogP contribution in [0.1, 0.15) is 0 Å². The lowest BCUT2D eigenvalue weighted by Crippen LogP contribution is -2.30. The molecule has 0 bridgehead atoms. The molecule has 1 heterocycles. The number of nitrogens with zero attached hydrogens (tertiary/aromatic N) is 2. The largest absolute Gasteiger partial charge is 0.368 e. The molecule has 0 atom stereocenters. The highest BCUT2D eigenvalue weighted by Gasteiger charge is 2.00. The van der Waals surface area contributed by atoms with Gasteiger partial charge in [-0.1, -0.05) is 0 Å². The summed E-state index contributed by atoms with van der Waals surface area (Å²) in [5.41, 5.74) is 4.80. The van der Waals surface area contributed by atoms with Gasteiger partial charge in [0.15, 0.2) is 0 Å². The van der Waals surface area contributed by atoms with Crippen molar-refractivity contribution in [2.75, 3.05) is 11.6 Å². The smallest absolute Gasteiger partial charge is 0.287 e. The summed E-state index contributed by atoms with van der Waals surface area (Å²) >= 11 is 2.95. The molecule has 0 saturated heterocycles. The molecule has 0 spiro atoms. The number of rotatable bonds is 0. The van der Waals surface area contributed by atoms with Gasteiger partial charge in [0.05, 0.1) is 6.20 Å². The minimum atomic E-state index is -0.396. The molecule has 0 saturated carbocycles. The second kappa shape index (κ2) is 2.30. The quantitative estimate of drug-likeness (QED) is 0.548. The molecule has 0 aliphatic carbocycles. The molecule has 1 aromatic rings. The Balaban J connectivity index is 3.50. The van der Waals surface area contributed by atoms with Crippen molar-refractivity contribution in [1.82, 2.24) is 9.66 Å². The Morgan fingerprint density at radius 1 is 1.70 bits per heavy atom. The van der Waals surface area contributed by atoms with Crippen LogP contribution in [0.5, 0.6) is 0 Å². The first-order chi connectivity index (χ1) is 4.63. The molecule has 0 aliphatic rings. The average Bonchev–Trinajstić information content (AvgIpc) is 1.93. The van der Waals surface area contributed by atoms with Gasteiger partial charge in [-0.3, -0.25) is 4.79 Å². The molecule has 1 aromatic heterocycles. The van der Waals surface area contributed by atoms with Crippen molar-refractivity contribution >= 4 is 21.9 Å². The summed E-state index contributed by atoms with van der Waals surface area (Å²) in [6, 6.07) is 0. The highest BCUT2D eigenvalue weighted by Crippen LogP contribution is 1.99. The van der Waals surface area contributed by atoms with Gasteiger partial charge in [0.1, 0.15) is 4.47 Å². The van der Waals surface area contributed by atoms with E-state index >= 15 is 0 Å². The Hall–Kier alpha value is -1.04. The van der Waals surface area contributed by atoms with Gasteiger partial charge < -0.3 is 11.6 Å². The van der Waals surface area contributed by atoms with E-state index in [0.717, 1.165) is 4.68 Å². The van der Waals surface area contributed by atoms with E-state index in [1.807, 2.05) is 0 Å². The van der Waals surface area contributed by atoms with E-state index in [2.05, 4.69) is 20.9 Å². The molecular formula is C4H5BrN4O. The van der Waals surface area contributed by atoms with Gasteiger partial charge in [0.25, 0.3) is 5.56 Å². The van der Waals surface area contributed by atoms with Crippen molar-refractivity contribution in [1.29, 1.82) is 0 Å². The van der Waals surface area contributed by atoms with E-state index in [1.165, 1.54) is 6.20 Å². The minimum Gasteiger partial charge on any atom is -0.368 e. The molecule has 6 heteroatoms. The van der Waals surface area contributed by atoms with E-state index in [9.17, 15) is 4.79 Å². The molecule has 4 N–H and O–H groups in total. The lowest BCUT2D eigenvalue weighted by molar-refractivity contribution is 0.900. The number of hydrogen-bond acceptors (Lipinski definition) is 4. The summed E-state index contributed by atoms with van der Waals surface area (Å²) in [5, 5.41) is 0. The van der Waals surface area contributed by atoms with Gasteiger partial charge in [0.2, 0.25) is 5.95 Å². The fourth-order valence-electron chi connectivity index (χ4n) is 0.459. The van der Waals surface area contributed by atoms with Crippen LogP contribution in [0.3, 0.4) is 0 Å². The van der Waals surface area contributed by atoms with Crippen LogP contribution in [-0.4, -0.2) is 9.66 Å². The number of hydrogen-bond donors (Lipinski definition) is 2. The maximum absolute atomic E-state index is 10.9. The SMILES string of the molecule is Nc1ncc(Br)c(=O)n1N. The predicted molar refractivity (Wildman–Crippen MR) is 40.8 cm³/mol. The molecule has 0 aromatic carbocycles. The van der Waals surface area contributed by atoms with E-state index < -0.39 is 5.56 Å². The van der Waals surface area contributed by atoms with Crippen molar-refractivity contribution in [3.8, 4) is 0 Å². The van der Waals surface area contributed by atoms with Crippen LogP contribution >= 0.6 is 15.9 Å². The number of nitrogens with two attached hydrogens (primary N) is 2. The number of anilines is 1. The zero-order valence-electron chi connectivity index (χ0n) is 4.91. The molecule has 1 rings (SSSR count). The van der Waals surface area contributed by atoms with Crippen molar-refractivity contribution in [3.63, 3.8) is 0 Å². The van der Waals surface area contributed by atoms with Crippen LogP contribution < -0.4 is 17.1 Å². The van der Waals surface area contributed by atoms with Crippen LogP contribution in [0.2, 0.25) is 0 Å². The first kappa shape index (κ1) is 7.07. The molecule has 0 radical (unpaired) electrons. The second-order valence-electron chi connectivity index (χ2n) is 1.64. The fourth-order valence-corrected chi connectivity index (χ4v) is 0.753. The average molecular weight is 205 g/mol. The molecule has 10 heavy (non-hydrogen) atoms. The molecule has 5 nitrogen and oxygen atoms in total. The minimum absolute atomic E-state index is 0.00630. The van der Waals surface area contributed by atoms with Crippen LogP contribution in [0.4, 0.5) is 5.95 Å². The topological polar surface area (TPSA) is 86.9 Å². The van der Waals surface area contributed by atoms with Gasteiger partial charge in [-0.25, -0.2) is 4.98 Å². The van der Waals surface area contributed by atoms with Crippen molar-refractivity contribution < 1.29 is 0 Å². The molecule has 54 valence electrons. The lowest BCUT2D eigenvalue weighted by atomic mass is 10.6. The third-order valence-corrected chi connectivity index (χ3v) is 1.52. The van der Waals surface area contributed by atoms with Gasteiger partial charge in [0, 0.05) is 0 Å². The summed E-state index contributed by atoms with van der Waals surface area (Å²) in [6.45, 7) is 0. The van der Waals surface area contributed by atoms with Crippen LogP contribution in [0, 0.1) is 0 Å². The monoisotopic (exact) mass is 204 g/mol. The zero-order valence-corrected chi connectivity index (χ0v) is 6.50. The predicted octanol–water partition coefficient (Wildman–Crippen LogP) is -0.698. The zero-order chi connectivity index (χ0) is 7.72. The number of aromatic nitrogens is 2. The second-order valence-corrected chi connectivity index (χ2v) is 2.49. The maximum Gasteiger partial charge on any atom is 0.287 e. The number of halogens is 1. The van der Waals surface area contributed by atoms with E-state index in [4.69, 9.17) is 11.6 Å². The first-order valence-corrected chi connectivity index (χ1v) is 3.20. The highest BCUT2D eigenvalue weighted by molar-refractivity contribution is 9.10. The number of nitrogen functional groups attached to an aromatic ring is 2. The molecule has 0 unspecified atom stereocenters. The summed E-state index contributed by atoms with van der Waals surface area (Å²) in [5.74, 6) is 5.16. The van der Waals surface area contributed by atoms with Gasteiger partial charge in [-0.2, -0.15) is 4.68 Å². The molecule has 0 amide bonds. The van der Waals surface area contributed by atoms with Gasteiger partial charge in [-0.15, -0.1) is 0 Å². The lowest BCUT2D eigenvalue weighted by Gasteiger charge is -1.99. The maximum atomic E-state index is 10.9. The van der Waals surface area contributed by atoms with Crippen LogP contribution in [-0.2, 0) is 0 Å². The third kappa shape index (κ3) is 0.971. The summed E-state index contributed by atoms with van der Waals surface area (Å²) in [4.78, 5) is 14.5. The Morgan fingerprint density at radius 2 is 2.30 bits per heavy atom. The molecule has 0 aliphatic heterocycles.